The van der Waals surface area contributed by atoms with Crippen molar-refractivity contribution in [3.8, 4) is 0 Å². The molecular formula is C12H22N2O2. The number of aliphatic hydroxyl groups is 1. The summed E-state index contributed by atoms with van der Waals surface area (Å²) in [6.07, 6.45) is 6.36. The molecule has 4 heteroatoms. The molecule has 1 atom stereocenters. The van der Waals surface area contributed by atoms with E-state index in [4.69, 9.17) is 5.11 Å². The van der Waals surface area contributed by atoms with Crippen LogP contribution in [0.5, 0.6) is 0 Å². The number of hydrogen-bond donors (Lipinski definition) is 2. The fraction of sp³-hybridized carbons (Fsp3) is 0.750. The molecule has 16 heavy (non-hydrogen) atoms. The van der Waals surface area contributed by atoms with Gasteiger partial charge in [0.2, 0.25) is 0 Å². The number of rotatable bonds is 5. The number of nitrogens with one attached hydrogen (secondary N) is 1. The van der Waals surface area contributed by atoms with Gasteiger partial charge in [-0.25, -0.2) is 4.79 Å². The molecule has 1 unspecified atom stereocenters. The van der Waals surface area contributed by atoms with Crippen molar-refractivity contribution in [2.45, 2.75) is 38.7 Å². The summed E-state index contributed by atoms with van der Waals surface area (Å²) in [5.74, 6) is 0. The fourth-order valence-electron chi connectivity index (χ4n) is 1.91. The van der Waals surface area contributed by atoms with Crippen LogP contribution in [0.2, 0.25) is 0 Å². The second-order valence-corrected chi connectivity index (χ2v) is 4.47. The largest absolute Gasteiger partial charge is 0.392 e. The number of aliphatic hydroxyl groups excluding tert-OH is 1. The van der Waals surface area contributed by atoms with E-state index in [2.05, 4.69) is 11.4 Å². The minimum atomic E-state index is -0.478. The second-order valence-electron chi connectivity index (χ2n) is 4.47. The maximum atomic E-state index is 11.5. The van der Waals surface area contributed by atoms with Gasteiger partial charge in [0.15, 0.2) is 0 Å². The third-order valence-corrected chi connectivity index (χ3v) is 2.74. The number of urea groups is 1. The van der Waals surface area contributed by atoms with E-state index in [1.807, 2.05) is 0 Å². The van der Waals surface area contributed by atoms with Crippen molar-refractivity contribution in [3.63, 3.8) is 0 Å². The van der Waals surface area contributed by atoms with Crippen molar-refractivity contribution in [1.29, 1.82) is 0 Å². The van der Waals surface area contributed by atoms with Gasteiger partial charge < -0.3 is 15.3 Å². The molecule has 1 aliphatic carbocycles. The zero-order valence-corrected chi connectivity index (χ0v) is 10.2. The van der Waals surface area contributed by atoms with Crippen LogP contribution >= 0.6 is 0 Å². The summed E-state index contributed by atoms with van der Waals surface area (Å²) in [5.41, 5.74) is 1.46. The average molecular weight is 226 g/mol. The molecule has 0 heterocycles. The minimum absolute atomic E-state index is 0.112. The molecule has 1 aliphatic rings. The van der Waals surface area contributed by atoms with Crippen LogP contribution in [0.15, 0.2) is 11.6 Å². The number of allylic oxidation sites excluding steroid dienone is 1. The Morgan fingerprint density at radius 1 is 1.69 bits per heavy atom. The van der Waals surface area contributed by atoms with Crippen molar-refractivity contribution in [3.05, 3.63) is 11.6 Å². The van der Waals surface area contributed by atoms with Crippen LogP contribution in [0.3, 0.4) is 0 Å². The van der Waals surface area contributed by atoms with Gasteiger partial charge in [0, 0.05) is 20.1 Å². The van der Waals surface area contributed by atoms with Crippen molar-refractivity contribution in [2.24, 2.45) is 0 Å². The van der Waals surface area contributed by atoms with E-state index in [-0.39, 0.29) is 6.03 Å². The minimum Gasteiger partial charge on any atom is -0.392 e. The Hall–Kier alpha value is -1.03. The van der Waals surface area contributed by atoms with Gasteiger partial charge in [-0.05, 0) is 32.6 Å². The standard InChI is InChI=1S/C12H22N2O2/c1-10(15)9-14(2)12(16)13-8-7-11-5-3-4-6-11/h5,10,15H,3-4,6-9H2,1-2H3,(H,13,16). The first kappa shape index (κ1) is 13.0. The van der Waals surface area contributed by atoms with E-state index in [0.29, 0.717) is 13.1 Å². The number of carbonyl (C=O) groups excluding carboxylic acids is 1. The van der Waals surface area contributed by atoms with Crippen molar-refractivity contribution < 1.29 is 9.90 Å². The molecule has 2 amide bonds. The summed E-state index contributed by atoms with van der Waals surface area (Å²) < 4.78 is 0. The van der Waals surface area contributed by atoms with E-state index in [1.54, 1.807) is 14.0 Å². The third-order valence-electron chi connectivity index (χ3n) is 2.74. The Bertz CT molecular complexity index is 262. The normalized spacial score (nSPS) is 16.8. The molecule has 1 rings (SSSR count). The quantitative estimate of drug-likeness (QED) is 0.698. The molecule has 0 radical (unpaired) electrons. The summed E-state index contributed by atoms with van der Waals surface area (Å²) in [4.78, 5) is 13.0. The van der Waals surface area contributed by atoms with Crippen molar-refractivity contribution in [2.75, 3.05) is 20.1 Å². The summed E-state index contributed by atoms with van der Waals surface area (Å²) in [6.45, 7) is 2.73. The summed E-state index contributed by atoms with van der Waals surface area (Å²) in [6, 6.07) is -0.112. The lowest BCUT2D eigenvalue weighted by molar-refractivity contribution is 0.144. The SMILES string of the molecule is CC(O)CN(C)C(=O)NCCC1=CCCC1. The van der Waals surface area contributed by atoms with E-state index in [1.165, 1.54) is 29.7 Å². The number of nitrogens with zero attached hydrogens (tertiary/aromatic N) is 1. The Labute approximate surface area is 97.3 Å². The number of amides is 2. The maximum Gasteiger partial charge on any atom is 0.317 e. The monoisotopic (exact) mass is 226 g/mol. The summed E-state index contributed by atoms with van der Waals surface area (Å²) in [7, 11) is 1.69. The van der Waals surface area contributed by atoms with Crippen LogP contribution in [-0.4, -0.2) is 42.3 Å². The summed E-state index contributed by atoms with van der Waals surface area (Å²) >= 11 is 0. The van der Waals surface area contributed by atoms with Gasteiger partial charge in [0.25, 0.3) is 0 Å². The third kappa shape index (κ3) is 4.66. The molecule has 0 saturated carbocycles. The zero-order chi connectivity index (χ0) is 12.0. The van der Waals surface area contributed by atoms with Crippen LogP contribution < -0.4 is 5.32 Å². The molecule has 2 N–H and O–H groups in total. The molecule has 0 fully saturated rings. The Morgan fingerprint density at radius 3 is 3.00 bits per heavy atom. The first-order valence-corrected chi connectivity index (χ1v) is 5.94. The van der Waals surface area contributed by atoms with Crippen molar-refractivity contribution in [1.82, 2.24) is 10.2 Å². The topological polar surface area (TPSA) is 52.6 Å². The molecule has 0 aromatic heterocycles. The van der Waals surface area contributed by atoms with Gasteiger partial charge in [0.05, 0.1) is 6.10 Å². The Balaban J connectivity index is 2.14. The predicted molar refractivity (Wildman–Crippen MR) is 64.3 cm³/mol. The van der Waals surface area contributed by atoms with Crippen LogP contribution in [-0.2, 0) is 0 Å². The first-order valence-electron chi connectivity index (χ1n) is 5.94. The molecular weight excluding hydrogens is 204 g/mol. The predicted octanol–water partition coefficient (Wildman–Crippen LogP) is 1.51. The lowest BCUT2D eigenvalue weighted by Crippen LogP contribution is -2.41. The highest BCUT2D eigenvalue weighted by molar-refractivity contribution is 5.73. The smallest absolute Gasteiger partial charge is 0.317 e. The molecule has 0 aromatic carbocycles. The highest BCUT2D eigenvalue weighted by Gasteiger charge is 2.10. The van der Waals surface area contributed by atoms with Crippen LogP contribution in [0.4, 0.5) is 4.79 Å². The van der Waals surface area contributed by atoms with E-state index >= 15 is 0 Å². The molecule has 4 nitrogen and oxygen atoms in total. The maximum absolute atomic E-state index is 11.5. The molecule has 0 spiro atoms. The number of hydrogen-bond acceptors (Lipinski definition) is 2. The molecule has 0 saturated heterocycles. The van der Waals surface area contributed by atoms with Crippen molar-refractivity contribution >= 4 is 6.03 Å². The molecule has 92 valence electrons. The van der Waals surface area contributed by atoms with Gasteiger partial charge in [0.1, 0.15) is 0 Å². The van der Waals surface area contributed by atoms with Crippen LogP contribution in [0.25, 0.3) is 0 Å². The molecule has 0 aliphatic heterocycles. The van der Waals surface area contributed by atoms with E-state index < -0.39 is 6.10 Å². The molecule has 0 bridgehead atoms. The highest BCUT2D eigenvalue weighted by Crippen LogP contribution is 2.19. The highest BCUT2D eigenvalue weighted by atomic mass is 16.3. The van der Waals surface area contributed by atoms with Gasteiger partial charge in [-0.1, -0.05) is 11.6 Å². The average Bonchev–Trinajstić information content (AvgIpc) is 2.69. The van der Waals surface area contributed by atoms with Gasteiger partial charge >= 0.3 is 6.03 Å². The number of carbonyl (C=O) groups is 1. The lowest BCUT2D eigenvalue weighted by atomic mass is 10.2. The Kier molecular flexibility index (Phi) is 5.32. The van der Waals surface area contributed by atoms with E-state index in [0.717, 1.165) is 6.42 Å². The van der Waals surface area contributed by atoms with Crippen LogP contribution in [0, 0.1) is 0 Å². The van der Waals surface area contributed by atoms with E-state index in [9.17, 15) is 4.79 Å². The zero-order valence-electron chi connectivity index (χ0n) is 10.2. The molecule has 0 aromatic rings. The Morgan fingerprint density at radius 2 is 2.44 bits per heavy atom. The van der Waals surface area contributed by atoms with Crippen LogP contribution in [0.1, 0.15) is 32.6 Å². The van der Waals surface area contributed by atoms with Gasteiger partial charge in [-0.15, -0.1) is 0 Å². The van der Waals surface area contributed by atoms with Gasteiger partial charge in [-0.2, -0.15) is 0 Å². The second kappa shape index (κ2) is 6.53. The lowest BCUT2D eigenvalue weighted by Gasteiger charge is -2.19. The number of likely N-dealkylation sites (N-methyl/N-ethyl adjacent to an activating group) is 1. The fourth-order valence-corrected chi connectivity index (χ4v) is 1.91. The summed E-state index contributed by atoms with van der Waals surface area (Å²) in [5, 5.41) is 12.0. The first-order chi connectivity index (χ1) is 7.59. The van der Waals surface area contributed by atoms with Gasteiger partial charge in [-0.3, -0.25) is 0 Å².